The van der Waals surface area contributed by atoms with Gasteiger partial charge in [-0.3, -0.25) is 4.98 Å². The van der Waals surface area contributed by atoms with Gasteiger partial charge in [0, 0.05) is 35.4 Å². The van der Waals surface area contributed by atoms with E-state index in [-0.39, 0.29) is 0 Å². The summed E-state index contributed by atoms with van der Waals surface area (Å²) in [6, 6.07) is 23.4. The van der Waals surface area contributed by atoms with Crippen LogP contribution in [0.25, 0.3) is 22.2 Å². The molecule has 0 radical (unpaired) electrons. The molecule has 2 nitrogen and oxygen atoms in total. The van der Waals surface area contributed by atoms with Gasteiger partial charge in [0.05, 0.1) is 5.69 Å². The molecule has 2 heteroatoms. The van der Waals surface area contributed by atoms with Crippen LogP contribution >= 0.6 is 0 Å². The van der Waals surface area contributed by atoms with Crippen molar-refractivity contribution in [2.75, 3.05) is 0 Å². The highest BCUT2D eigenvalue weighted by molar-refractivity contribution is 5.91. The maximum absolute atomic E-state index is 4.31. The SMILES string of the molecule is Cc1c(-c2cccnc2)n(Cc2ccccc2)c2ccccc12. The maximum atomic E-state index is 4.31. The molecule has 112 valence electrons. The third-order valence-corrected chi connectivity index (χ3v) is 4.34. The van der Waals surface area contributed by atoms with E-state index in [1.807, 2.05) is 18.5 Å². The average molecular weight is 298 g/mol. The number of hydrogen-bond acceptors (Lipinski definition) is 1. The lowest BCUT2D eigenvalue weighted by Gasteiger charge is -2.12. The van der Waals surface area contributed by atoms with Gasteiger partial charge >= 0.3 is 0 Å². The maximum Gasteiger partial charge on any atom is 0.0539 e. The van der Waals surface area contributed by atoms with Crippen LogP contribution in [-0.4, -0.2) is 9.55 Å². The fourth-order valence-corrected chi connectivity index (χ4v) is 3.28. The van der Waals surface area contributed by atoms with Crippen LogP contribution in [0.4, 0.5) is 0 Å². The van der Waals surface area contributed by atoms with Crippen molar-refractivity contribution < 1.29 is 0 Å². The van der Waals surface area contributed by atoms with E-state index in [9.17, 15) is 0 Å². The average Bonchev–Trinajstić information content (AvgIpc) is 2.89. The number of rotatable bonds is 3. The minimum Gasteiger partial charge on any atom is -0.336 e. The smallest absolute Gasteiger partial charge is 0.0539 e. The van der Waals surface area contributed by atoms with Crippen LogP contribution in [0.5, 0.6) is 0 Å². The monoisotopic (exact) mass is 298 g/mol. The predicted octanol–water partition coefficient (Wildman–Crippen LogP) is 5.06. The van der Waals surface area contributed by atoms with Gasteiger partial charge in [-0.15, -0.1) is 0 Å². The Kier molecular flexibility index (Phi) is 3.43. The Morgan fingerprint density at radius 3 is 2.43 bits per heavy atom. The van der Waals surface area contributed by atoms with Gasteiger partial charge in [0.1, 0.15) is 0 Å². The van der Waals surface area contributed by atoms with E-state index >= 15 is 0 Å². The van der Waals surface area contributed by atoms with Crippen molar-refractivity contribution >= 4 is 10.9 Å². The summed E-state index contributed by atoms with van der Waals surface area (Å²) in [5.41, 5.74) is 6.30. The molecule has 0 saturated carbocycles. The molecule has 0 fully saturated rings. The van der Waals surface area contributed by atoms with Crippen LogP contribution < -0.4 is 0 Å². The second-order valence-electron chi connectivity index (χ2n) is 5.80. The van der Waals surface area contributed by atoms with Crippen molar-refractivity contribution in [2.24, 2.45) is 0 Å². The number of aryl methyl sites for hydroxylation is 1. The van der Waals surface area contributed by atoms with Crippen molar-refractivity contribution in [1.82, 2.24) is 9.55 Å². The van der Waals surface area contributed by atoms with Gasteiger partial charge in [0.2, 0.25) is 0 Å². The third-order valence-electron chi connectivity index (χ3n) is 4.34. The van der Waals surface area contributed by atoms with Crippen molar-refractivity contribution in [3.63, 3.8) is 0 Å². The van der Waals surface area contributed by atoms with Gasteiger partial charge in [-0.05, 0) is 36.2 Å². The first-order valence-electron chi connectivity index (χ1n) is 7.87. The Labute approximate surface area is 136 Å². The second-order valence-corrected chi connectivity index (χ2v) is 5.80. The van der Waals surface area contributed by atoms with Crippen LogP contribution in [0.1, 0.15) is 11.1 Å². The van der Waals surface area contributed by atoms with E-state index in [0.29, 0.717) is 0 Å². The van der Waals surface area contributed by atoms with Crippen LogP contribution in [0, 0.1) is 6.92 Å². The first-order chi connectivity index (χ1) is 11.3. The topological polar surface area (TPSA) is 17.8 Å². The molecule has 23 heavy (non-hydrogen) atoms. The molecule has 0 aliphatic heterocycles. The second kappa shape index (κ2) is 5.73. The summed E-state index contributed by atoms with van der Waals surface area (Å²) in [4.78, 5) is 4.31. The number of para-hydroxylation sites is 1. The molecular formula is C21H18N2. The minimum absolute atomic E-state index is 0.861. The number of hydrogen-bond donors (Lipinski definition) is 0. The van der Waals surface area contributed by atoms with Crippen LogP contribution in [0.3, 0.4) is 0 Å². The Hall–Kier alpha value is -2.87. The quantitative estimate of drug-likeness (QED) is 0.517. The molecular weight excluding hydrogens is 280 g/mol. The first-order valence-corrected chi connectivity index (χ1v) is 7.87. The van der Waals surface area contributed by atoms with Crippen molar-refractivity contribution in [3.8, 4) is 11.3 Å². The third kappa shape index (κ3) is 2.42. The van der Waals surface area contributed by atoms with Crippen molar-refractivity contribution in [2.45, 2.75) is 13.5 Å². The summed E-state index contributed by atoms with van der Waals surface area (Å²) in [5, 5.41) is 1.31. The molecule has 0 saturated heterocycles. The summed E-state index contributed by atoms with van der Waals surface area (Å²) in [7, 11) is 0. The van der Waals surface area contributed by atoms with E-state index in [2.05, 4.69) is 77.1 Å². The Morgan fingerprint density at radius 2 is 1.65 bits per heavy atom. The highest BCUT2D eigenvalue weighted by atomic mass is 15.0. The molecule has 0 spiro atoms. The summed E-state index contributed by atoms with van der Waals surface area (Å²) in [5.74, 6) is 0. The molecule has 2 heterocycles. The molecule has 0 atom stereocenters. The zero-order chi connectivity index (χ0) is 15.6. The van der Waals surface area contributed by atoms with Crippen LogP contribution in [0.15, 0.2) is 79.1 Å². The molecule has 0 amide bonds. The first kappa shape index (κ1) is 13.8. The predicted molar refractivity (Wildman–Crippen MR) is 95.5 cm³/mol. The largest absolute Gasteiger partial charge is 0.336 e. The highest BCUT2D eigenvalue weighted by Crippen LogP contribution is 2.33. The zero-order valence-electron chi connectivity index (χ0n) is 13.1. The number of benzene rings is 2. The van der Waals surface area contributed by atoms with Gasteiger partial charge in [-0.25, -0.2) is 0 Å². The molecule has 0 aliphatic rings. The van der Waals surface area contributed by atoms with Crippen molar-refractivity contribution in [3.05, 3.63) is 90.3 Å². The van der Waals surface area contributed by atoms with Crippen LogP contribution in [-0.2, 0) is 6.54 Å². The standard InChI is InChI=1S/C21H18N2/c1-16-19-11-5-6-12-20(19)23(15-17-8-3-2-4-9-17)21(16)18-10-7-13-22-14-18/h2-14H,15H2,1H3. The molecule has 4 rings (SSSR count). The molecule has 0 unspecified atom stereocenters. The number of pyridine rings is 1. The summed E-state index contributed by atoms with van der Waals surface area (Å²) >= 11 is 0. The zero-order valence-corrected chi connectivity index (χ0v) is 13.1. The number of fused-ring (bicyclic) bond motifs is 1. The number of nitrogens with zero attached hydrogens (tertiary/aromatic N) is 2. The van der Waals surface area contributed by atoms with E-state index < -0.39 is 0 Å². The van der Waals surface area contributed by atoms with E-state index in [4.69, 9.17) is 0 Å². The van der Waals surface area contributed by atoms with Crippen LogP contribution in [0.2, 0.25) is 0 Å². The van der Waals surface area contributed by atoms with E-state index in [1.165, 1.54) is 27.7 Å². The molecule has 2 aromatic carbocycles. The minimum atomic E-state index is 0.861. The van der Waals surface area contributed by atoms with E-state index in [0.717, 1.165) is 12.1 Å². The molecule has 0 aliphatic carbocycles. The van der Waals surface area contributed by atoms with Gasteiger partial charge < -0.3 is 4.57 Å². The molecule has 0 N–H and O–H groups in total. The Bertz CT molecular complexity index is 938. The fourth-order valence-electron chi connectivity index (χ4n) is 3.28. The number of aromatic nitrogens is 2. The fraction of sp³-hybridized carbons (Fsp3) is 0.0952. The molecule has 0 bridgehead atoms. The lowest BCUT2D eigenvalue weighted by molar-refractivity contribution is 0.842. The van der Waals surface area contributed by atoms with Gasteiger partial charge in [0.25, 0.3) is 0 Å². The van der Waals surface area contributed by atoms with Gasteiger partial charge in [0.15, 0.2) is 0 Å². The van der Waals surface area contributed by atoms with Gasteiger partial charge in [-0.2, -0.15) is 0 Å². The summed E-state index contributed by atoms with van der Waals surface area (Å²) in [6.07, 6.45) is 3.77. The van der Waals surface area contributed by atoms with Gasteiger partial charge in [-0.1, -0.05) is 48.5 Å². The highest BCUT2D eigenvalue weighted by Gasteiger charge is 2.15. The Morgan fingerprint density at radius 1 is 0.870 bits per heavy atom. The molecule has 2 aromatic heterocycles. The lowest BCUT2D eigenvalue weighted by atomic mass is 10.1. The summed E-state index contributed by atoms with van der Waals surface area (Å²) < 4.78 is 2.40. The Balaban J connectivity index is 1.97. The molecule has 4 aromatic rings. The van der Waals surface area contributed by atoms with E-state index in [1.54, 1.807) is 0 Å². The lowest BCUT2D eigenvalue weighted by Crippen LogP contribution is -2.02. The van der Waals surface area contributed by atoms with Crippen molar-refractivity contribution in [1.29, 1.82) is 0 Å². The summed E-state index contributed by atoms with van der Waals surface area (Å²) in [6.45, 7) is 3.06. The normalized spacial score (nSPS) is 11.0.